The van der Waals surface area contributed by atoms with Crippen LogP contribution in [0.1, 0.15) is 39.5 Å². The molecule has 0 radical (unpaired) electrons. The molecule has 120 valence electrons. The van der Waals surface area contributed by atoms with Crippen LogP contribution in [0.4, 0.5) is 0 Å². The number of nitrogens with zero attached hydrogens (tertiary/aromatic N) is 1. The van der Waals surface area contributed by atoms with Crippen LogP contribution in [0.2, 0.25) is 0 Å². The molecule has 1 saturated heterocycles. The first kappa shape index (κ1) is 17.9. The Hall–Kier alpha value is -0.170. The lowest BCUT2D eigenvalue weighted by Gasteiger charge is -2.27. The molecular weight excluding hydrogens is 274 g/mol. The number of nitrogens with one attached hydrogen (secondary N) is 2. The van der Waals surface area contributed by atoms with E-state index in [4.69, 9.17) is 0 Å². The van der Waals surface area contributed by atoms with Gasteiger partial charge in [0.2, 0.25) is 10.0 Å². The number of rotatable bonds is 8. The van der Waals surface area contributed by atoms with E-state index >= 15 is 0 Å². The Bertz CT molecular complexity index is 363. The van der Waals surface area contributed by atoms with Crippen LogP contribution in [0, 0.1) is 5.92 Å². The largest absolute Gasteiger partial charge is 0.314 e. The van der Waals surface area contributed by atoms with E-state index in [2.05, 4.69) is 23.9 Å². The van der Waals surface area contributed by atoms with Crippen LogP contribution in [-0.2, 0) is 10.0 Å². The quantitative estimate of drug-likeness (QED) is 0.703. The van der Waals surface area contributed by atoms with Crippen LogP contribution in [0.15, 0.2) is 0 Å². The Morgan fingerprint density at radius 3 is 2.50 bits per heavy atom. The van der Waals surface area contributed by atoms with Crippen molar-refractivity contribution in [2.45, 2.75) is 51.6 Å². The van der Waals surface area contributed by atoms with Crippen molar-refractivity contribution in [1.29, 1.82) is 0 Å². The number of sulfonamides is 1. The fourth-order valence-electron chi connectivity index (χ4n) is 2.53. The third kappa shape index (κ3) is 7.02. The van der Waals surface area contributed by atoms with Gasteiger partial charge >= 0.3 is 0 Å². The molecule has 0 aliphatic carbocycles. The van der Waals surface area contributed by atoms with Crippen LogP contribution < -0.4 is 10.0 Å². The summed E-state index contributed by atoms with van der Waals surface area (Å²) in [5.74, 6) is 0.515. The molecule has 1 aliphatic rings. The maximum atomic E-state index is 12.2. The molecular formula is C14H31N3O2S. The standard InChI is InChI=1S/C14H31N3O2S/c1-12(2)14(11-17(3)4)16-20(18,19)10-8-13-7-5-6-9-15-13/h12-16H,5-11H2,1-4H3. The summed E-state index contributed by atoms with van der Waals surface area (Å²) in [6.45, 7) is 5.87. The molecule has 1 fully saturated rings. The van der Waals surface area contributed by atoms with Crippen molar-refractivity contribution < 1.29 is 8.42 Å². The summed E-state index contributed by atoms with van der Waals surface area (Å²) < 4.78 is 27.3. The van der Waals surface area contributed by atoms with Crippen molar-refractivity contribution in [3.8, 4) is 0 Å². The summed E-state index contributed by atoms with van der Waals surface area (Å²) in [6, 6.07) is 0.348. The van der Waals surface area contributed by atoms with Gasteiger partial charge in [0.25, 0.3) is 0 Å². The van der Waals surface area contributed by atoms with Crippen molar-refractivity contribution in [2.24, 2.45) is 5.92 Å². The average Bonchev–Trinajstić information content (AvgIpc) is 2.36. The molecule has 0 aromatic carbocycles. The van der Waals surface area contributed by atoms with Crippen LogP contribution in [0.3, 0.4) is 0 Å². The summed E-state index contributed by atoms with van der Waals surface area (Å²) in [6.07, 6.45) is 4.23. The van der Waals surface area contributed by atoms with E-state index < -0.39 is 10.0 Å². The molecule has 2 unspecified atom stereocenters. The molecule has 0 amide bonds. The third-order valence-electron chi connectivity index (χ3n) is 3.84. The van der Waals surface area contributed by atoms with Crippen LogP contribution in [0.25, 0.3) is 0 Å². The minimum Gasteiger partial charge on any atom is -0.314 e. The molecule has 1 aliphatic heterocycles. The molecule has 0 aromatic rings. The van der Waals surface area contributed by atoms with E-state index in [1.807, 2.05) is 19.0 Å². The highest BCUT2D eigenvalue weighted by Gasteiger charge is 2.23. The lowest BCUT2D eigenvalue weighted by atomic mass is 10.0. The highest BCUT2D eigenvalue weighted by atomic mass is 32.2. The zero-order valence-corrected chi connectivity index (χ0v) is 14.2. The van der Waals surface area contributed by atoms with Crippen LogP contribution in [-0.4, -0.2) is 58.3 Å². The summed E-state index contributed by atoms with van der Waals surface area (Å²) in [5.41, 5.74) is 0. The lowest BCUT2D eigenvalue weighted by molar-refractivity contribution is 0.314. The predicted molar refractivity (Wildman–Crippen MR) is 84.4 cm³/mol. The highest BCUT2D eigenvalue weighted by molar-refractivity contribution is 7.89. The fourth-order valence-corrected chi connectivity index (χ4v) is 4.06. The fraction of sp³-hybridized carbons (Fsp3) is 1.00. The Morgan fingerprint density at radius 2 is 2.00 bits per heavy atom. The first-order chi connectivity index (χ1) is 9.30. The number of hydrogen-bond donors (Lipinski definition) is 2. The van der Waals surface area contributed by atoms with E-state index in [0.29, 0.717) is 18.4 Å². The average molecular weight is 305 g/mol. The van der Waals surface area contributed by atoms with Gasteiger partial charge in [-0.15, -0.1) is 0 Å². The molecule has 1 rings (SSSR count). The van der Waals surface area contributed by atoms with Gasteiger partial charge in [0.1, 0.15) is 0 Å². The van der Waals surface area contributed by atoms with Gasteiger partial charge in [-0.2, -0.15) is 0 Å². The second-order valence-electron chi connectivity index (χ2n) is 6.48. The molecule has 0 aromatic heterocycles. The molecule has 0 bridgehead atoms. The van der Waals surface area contributed by atoms with E-state index in [0.717, 1.165) is 19.5 Å². The van der Waals surface area contributed by atoms with Crippen molar-refractivity contribution in [2.75, 3.05) is 32.9 Å². The maximum absolute atomic E-state index is 12.2. The molecule has 1 heterocycles. The van der Waals surface area contributed by atoms with Crippen LogP contribution in [0.5, 0.6) is 0 Å². The van der Waals surface area contributed by atoms with Gasteiger partial charge in [0.15, 0.2) is 0 Å². The van der Waals surface area contributed by atoms with E-state index in [-0.39, 0.29) is 11.8 Å². The third-order valence-corrected chi connectivity index (χ3v) is 5.28. The van der Waals surface area contributed by atoms with Gasteiger partial charge in [0, 0.05) is 18.6 Å². The smallest absolute Gasteiger partial charge is 0.211 e. The second-order valence-corrected chi connectivity index (χ2v) is 8.36. The SMILES string of the molecule is CC(C)C(CN(C)C)NS(=O)(=O)CCC1CCCCN1. The monoisotopic (exact) mass is 305 g/mol. The molecule has 2 atom stereocenters. The second kappa shape index (κ2) is 8.32. The van der Waals surface area contributed by atoms with E-state index in [1.54, 1.807) is 0 Å². The van der Waals surface area contributed by atoms with E-state index in [9.17, 15) is 8.42 Å². The maximum Gasteiger partial charge on any atom is 0.211 e. The number of likely N-dealkylation sites (N-methyl/N-ethyl adjacent to an activating group) is 1. The normalized spacial score (nSPS) is 22.4. The number of hydrogen-bond acceptors (Lipinski definition) is 4. The minimum absolute atomic E-state index is 0.0192. The topological polar surface area (TPSA) is 61.4 Å². The Kier molecular flexibility index (Phi) is 7.43. The summed E-state index contributed by atoms with van der Waals surface area (Å²) in [4.78, 5) is 2.02. The lowest BCUT2D eigenvalue weighted by Crippen LogP contribution is -2.46. The highest BCUT2D eigenvalue weighted by Crippen LogP contribution is 2.12. The van der Waals surface area contributed by atoms with Crippen molar-refractivity contribution in [1.82, 2.24) is 14.9 Å². The zero-order valence-electron chi connectivity index (χ0n) is 13.4. The summed E-state index contributed by atoms with van der Waals surface area (Å²) in [7, 11) is 0.748. The van der Waals surface area contributed by atoms with Gasteiger partial charge < -0.3 is 10.2 Å². The molecule has 20 heavy (non-hydrogen) atoms. The summed E-state index contributed by atoms with van der Waals surface area (Å²) in [5, 5.41) is 3.40. The number of piperidine rings is 1. The van der Waals surface area contributed by atoms with Gasteiger partial charge in [-0.25, -0.2) is 13.1 Å². The molecule has 6 heteroatoms. The van der Waals surface area contributed by atoms with Gasteiger partial charge in [0.05, 0.1) is 5.75 Å². The van der Waals surface area contributed by atoms with Crippen LogP contribution >= 0.6 is 0 Å². The Balaban J connectivity index is 2.45. The predicted octanol–water partition coefficient (Wildman–Crippen LogP) is 1.02. The van der Waals surface area contributed by atoms with Gasteiger partial charge in [-0.1, -0.05) is 20.3 Å². The summed E-state index contributed by atoms with van der Waals surface area (Å²) >= 11 is 0. The zero-order chi connectivity index (χ0) is 15.2. The van der Waals surface area contributed by atoms with Crippen molar-refractivity contribution in [3.05, 3.63) is 0 Å². The molecule has 5 nitrogen and oxygen atoms in total. The van der Waals surface area contributed by atoms with Crippen molar-refractivity contribution in [3.63, 3.8) is 0 Å². The molecule has 0 spiro atoms. The van der Waals surface area contributed by atoms with Gasteiger partial charge in [-0.05, 0) is 45.8 Å². The molecule has 2 N–H and O–H groups in total. The van der Waals surface area contributed by atoms with Gasteiger partial charge in [-0.3, -0.25) is 0 Å². The molecule has 0 saturated carbocycles. The van der Waals surface area contributed by atoms with E-state index in [1.165, 1.54) is 12.8 Å². The first-order valence-electron chi connectivity index (χ1n) is 7.68. The Morgan fingerprint density at radius 1 is 1.30 bits per heavy atom. The van der Waals surface area contributed by atoms with Crippen molar-refractivity contribution >= 4 is 10.0 Å². The first-order valence-corrected chi connectivity index (χ1v) is 9.33. The Labute approximate surface area is 124 Å². The minimum atomic E-state index is -3.19.